The van der Waals surface area contributed by atoms with Crippen LogP contribution in [0.5, 0.6) is 5.88 Å². The molecule has 11 heteroatoms. The highest BCUT2D eigenvalue weighted by molar-refractivity contribution is 6.31. The topological polar surface area (TPSA) is 76.4 Å². The maximum atomic E-state index is 13.4. The number of alkyl halides is 3. The van der Waals surface area contributed by atoms with Crippen LogP contribution < -0.4 is 10.1 Å². The number of aromatic nitrogens is 2. The number of rotatable bonds is 7. The zero-order valence-corrected chi connectivity index (χ0v) is 17.6. The van der Waals surface area contributed by atoms with Crippen LogP contribution in [0.3, 0.4) is 0 Å². The Morgan fingerprint density at radius 2 is 1.97 bits per heavy atom. The van der Waals surface area contributed by atoms with Crippen molar-refractivity contribution in [3.8, 4) is 5.88 Å². The zero-order valence-electron chi connectivity index (χ0n) is 16.9. The molecule has 172 valence electrons. The molecule has 6 nitrogen and oxygen atoms in total. The molecule has 1 aliphatic carbocycles. The fourth-order valence-corrected chi connectivity index (χ4v) is 3.38. The Labute approximate surface area is 182 Å². The summed E-state index contributed by atoms with van der Waals surface area (Å²) < 4.78 is 53.0. The second-order valence-electron chi connectivity index (χ2n) is 7.16. The number of carboxylic acid groups (broad SMARTS) is 1. The maximum Gasteiger partial charge on any atom is 0.490 e. The van der Waals surface area contributed by atoms with Gasteiger partial charge in [-0.3, -0.25) is 0 Å². The third-order valence-electron chi connectivity index (χ3n) is 4.68. The molecule has 3 rings (SSSR count). The minimum atomic E-state index is -5.08. The molecule has 0 atom stereocenters. The summed E-state index contributed by atoms with van der Waals surface area (Å²) >= 11 is 6.12. The number of aliphatic carboxylic acids is 1. The largest absolute Gasteiger partial charge is 0.490 e. The van der Waals surface area contributed by atoms with Crippen molar-refractivity contribution in [1.82, 2.24) is 15.1 Å². The molecule has 0 saturated heterocycles. The van der Waals surface area contributed by atoms with Crippen molar-refractivity contribution in [3.05, 3.63) is 46.4 Å². The summed E-state index contributed by atoms with van der Waals surface area (Å²) in [6, 6.07) is 6.26. The fraction of sp³-hybridized carbons (Fsp3) is 0.500. The highest BCUT2D eigenvalue weighted by atomic mass is 35.5. The van der Waals surface area contributed by atoms with E-state index >= 15 is 0 Å². The lowest BCUT2D eigenvalue weighted by molar-refractivity contribution is -0.192. The van der Waals surface area contributed by atoms with E-state index in [1.807, 2.05) is 17.8 Å². The van der Waals surface area contributed by atoms with Gasteiger partial charge in [0.1, 0.15) is 12.4 Å². The molecule has 0 bridgehead atoms. The van der Waals surface area contributed by atoms with Crippen LogP contribution >= 0.6 is 11.6 Å². The van der Waals surface area contributed by atoms with Crippen LogP contribution in [0.2, 0.25) is 5.02 Å². The van der Waals surface area contributed by atoms with Gasteiger partial charge in [-0.15, -0.1) is 0 Å². The number of nitrogens with one attached hydrogen (secondary N) is 1. The Balaban J connectivity index is 0.000000423. The molecule has 2 aromatic rings. The summed E-state index contributed by atoms with van der Waals surface area (Å²) in [6.45, 7) is 1.79. The molecular weight excluding hydrogens is 442 g/mol. The van der Waals surface area contributed by atoms with Crippen molar-refractivity contribution in [2.75, 3.05) is 7.05 Å². The number of halogens is 5. The third kappa shape index (κ3) is 8.02. The molecule has 0 radical (unpaired) electrons. The van der Waals surface area contributed by atoms with Crippen molar-refractivity contribution in [3.63, 3.8) is 0 Å². The van der Waals surface area contributed by atoms with Crippen molar-refractivity contribution in [2.45, 2.75) is 51.6 Å². The molecule has 0 unspecified atom stereocenters. The first-order chi connectivity index (χ1) is 14.6. The van der Waals surface area contributed by atoms with E-state index in [0.29, 0.717) is 28.9 Å². The van der Waals surface area contributed by atoms with Crippen LogP contribution in [-0.4, -0.2) is 34.1 Å². The fourth-order valence-electron chi connectivity index (χ4n) is 3.21. The van der Waals surface area contributed by atoms with Gasteiger partial charge in [-0.2, -0.15) is 18.3 Å². The van der Waals surface area contributed by atoms with Gasteiger partial charge in [-0.25, -0.2) is 13.9 Å². The summed E-state index contributed by atoms with van der Waals surface area (Å²) in [6.07, 6.45) is 0.00156. The second-order valence-corrected chi connectivity index (χ2v) is 7.57. The van der Waals surface area contributed by atoms with Crippen molar-refractivity contribution >= 4 is 17.6 Å². The van der Waals surface area contributed by atoms with E-state index in [-0.39, 0.29) is 12.4 Å². The zero-order chi connectivity index (χ0) is 23.0. The van der Waals surface area contributed by atoms with Crippen LogP contribution in [0.1, 0.15) is 36.9 Å². The van der Waals surface area contributed by atoms with Gasteiger partial charge in [0.2, 0.25) is 5.88 Å². The van der Waals surface area contributed by atoms with Crippen molar-refractivity contribution in [2.24, 2.45) is 5.92 Å². The second kappa shape index (κ2) is 11.3. The van der Waals surface area contributed by atoms with Gasteiger partial charge < -0.3 is 15.2 Å². The molecule has 0 aliphatic heterocycles. The molecule has 1 fully saturated rings. The SMILES string of the molecule is CNCc1cc(OCc2cc(F)ccc2Cl)n(CC2CCCC2)n1.O=C(O)C(F)(F)F. The van der Waals surface area contributed by atoms with Gasteiger partial charge in [-0.05, 0) is 44.0 Å². The summed E-state index contributed by atoms with van der Waals surface area (Å²) in [5.74, 6) is -1.69. The number of carboxylic acids is 1. The number of nitrogens with zero attached hydrogens (tertiary/aromatic N) is 2. The van der Waals surface area contributed by atoms with Gasteiger partial charge in [0, 0.05) is 29.7 Å². The molecule has 0 spiro atoms. The van der Waals surface area contributed by atoms with Gasteiger partial charge >= 0.3 is 12.1 Å². The Hall–Kier alpha value is -2.33. The summed E-state index contributed by atoms with van der Waals surface area (Å²) in [4.78, 5) is 8.90. The smallest absolute Gasteiger partial charge is 0.475 e. The molecule has 31 heavy (non-hydrogen) atoms. The predicted octanol–water partition coefficient (Wildman–Crippen LogP) is 4.80. The van der Waals surface area contributed by atoms with Crippen LogP contribution in [-0.2, 0) is 24.5 Å². The van der Waals surface area contributed by atoms with Gasteiger partial charge in [0.25, 0.3) is 0 Å². The summed E-state index contributed by atoms with van der Waals surface area (Å²) in [5.41, 5.74) is 1.58. The highest BCUT2D eigenvalue weighted by Crippen LogP contribution is 2.28. The lowest BCUT2D eigenvalue weighted by atomic mass is 10.1. The summed E-state index contributed by atoms with van der Waals surface area (Å²) in [7, 11) is 1.89. The molecule has 1 saturated carbocycles. The lowest BCUT2D eigenvalue weighted by Gasteiger charge is -2.13. The summed E-state index contributed by atoms with van der Waals surface area (Å²) in [5, 5.41) is 15.4. The molecule has 1 aliphatic rings. The predicted molar refractivity (Wildman–Crippen MR) is 106 cm³/mol. The van der Waals surface area contributed by atoms with E-state index < -0.39 is 12.1 Å². The number of ether oxygens (including phenoxy) is 1. The van der Waals surface area contributed by atoms with E-state index in [1.165, 1.54) is 37.8 Å². The van der Waals surface area contributed by atoms with E-state index in [4.69, 9.17) is 26.2 Å². The molecule has 2 N–H and O–H groups in total. The maximum absolute atomic E-state index is 13.4. The number of benzene rings is 1. The highest BCUT2D eigenvalue weighted by Gasteiger charge is 2.38. The standard InChI is InChI=1S/C18H23ClFN3O.C2HF3O2/c1-21-10-16-9-18(23(22-16)11-13-4-2-3-5-13)24-12-14-8-15(20)6-7-17(14)19;3-2(4,5)1(6)7/h6-9,13,21H,2-5,10-12H2,1H3;(H,6,7). The molecular formula is C20H24ClF4N3O3. The average Bonchev–Trinajstić information content (AvgIpc) is 3.33. The molecule has 1 heterocycles. The number of carbonyl (C=O) groups is 1. The molecule has 0 amide bonds. The van der Waals surface area contributed by atoms with E-state index in [1.54, 1.807) is 6.07 Å². The van der Waals surface area contributed by atoms with E-state index in [2.05, 4.69) is 10.4 Å². The van der Waals surface area contributed by atoms with Crippen LogP contribution in [0.15, 0.2) is 24.3 Å². The Morgan fingerprint density at radius 1 is 1.32 bits per heavy atom. The van der Waals surface area contributed by atoms with Crippen molar-refractivity contribution < 1.29 is 32.2 Å². The third-order valence-corrected chi connectivity index (χ3v) is 5.05. The Bertz CT molecular complexity index is 868. The monoisotopic (exact) mass is 465 g/mol. The first kappa shape index (κ1) is 24.9. The molecule has 1 aromatic heterocycles. The first-order valence-electron chi connectivity index (χ1n) is 9.68. The number of hydrogen-bond acceptors (Lipinski definition) is 4. The minimum absolute atomic E-state index is 0.228. The minimum Gasteiger partial charge on any atom is -0.475 e. The van der Waals surface area contributed by atoms with Crippen LogP contribution in [0.25, 0.3) is 0 Å². The van der Waals surface area contributed by atoms with Crippen LogP contribution in [0, 0.1) is 11.7 Å². The van der Waals surface area contributed by atoms with Crippen molar-refractivity contribution in [1.29, 1.82) is 0 Å². The van der Waals surface area contributed by atoms with Crippen LogP contribution in [0.4, 0.5) is 17.6 Å². The van der Waals surface area contributed by atoms with Gasteiger partial charge in [0.15, 0.2) is 0 Å². The van der Waals surface area contributed by atoms with E-state index in [9.17, 15) is 17.6 Å². The lowest BCUT2D eigenvalue weighted by Crippen LogP contribution is -2.21. The molecule has 1 aromatic carbocycles. The Morgan fingerprint density at radius 3 is 2.55 bits per heavy atom. The number of hydrogen-bond donors (Lipinski definition) is 2. The van der Waals surface area contributed by atoms with Gasteiger partial charge in [-0.1, -0.05) is 24.4 Å². The quantitative estimate of drug-likeness (QED) is 0.574. The first-order valence-corrected chi connectivity index (χ1v) is 10.1. The van der Waals surface area contributed by atoms with Gasteiger partial charge in [0.05, 0.1) is 5.69 Å². The van der Waals surface area contributed by atoms with E-state index in [0.717, 1.165) is 12.2 Å². The average molecular weight is 466 g/mol. The Kier molecular flexibility index (Phi) is 9.12. The normalized spacial score (nSPS) is 14.3.